The van der Waals surface area contributed by atoms with Gasteiger partial charge in [-0.1, -0.05) is 36.4 Å². The number of primary amides is 1. The number of hydrogen-bond acceptors (Lipinski definition) is 3. The zero-order valence-corrected chi connectivity index (χ0v) is 18.1. The van der Waals surface area contributed by atoms with Gasteiger partial charge in [0, 0.05) is 60.5 Å². The lowest BCUT2D eigenvalue weighted by Gasteiger charge is -2.20. The van der Waals surface area contributed by atoms with Crippen molar-refractivity contribution in [3.63, 3.8) is 0 Å². The third-order valence-corrected chi connectivity index (χ3v) is 5.68. The van der Waals surface area contributed by atoms with E-state index in [-0.39, 0.29) is 11.8 Å². The van der Waals surface area contributed by atoms with Gasteiger partial charge in [-0.3, -0.25) is 9.59 Å². The van der Waals surface area contributed by atoms with Crippen molar-refractivity contribution in [2.24, 2.45) is 5.73 Å². The molecule has 2 amide bonds. The highest BCUT2D eigenvalue weighted by Crippen LogP contribution is 2.31. The molecule has 0 saturated heterocycles. The first kappa shape index (κ1) is 21.2. The van der Waals surface area contributed by atoms with Crippen LogP contribution in [0.25, 0.3) is 10.9 Å². The fourth-order valence-corrected chi connectivity index (χ4v) is 3.90. The van der Waals surface area contributed by atoms with Crippen molar-refractivity contribution in [1.29, 1.82) is 0 Å². The Morgan fingerprint density at radius 2 is 1.69 bits per heavy atom. The Labute approximate surface area is 187 Å². The van der Waals surface area contributed by atoms with Gasteiger partial charge in [0.05, 0.1) is 0 Å². The van der Waals surface area contributed by atoms with Crippen molar-refractivity contribution in [1.82, 2.24) is 10.3 Å². The molecule has 4 rings (SSSR count). The van der Waals surface area contributed by atoms with Gasteiger partial charge in [-0.25, -0.2) is 0 Å². The quantitative estimate of drug-likeness (QED) is 0.419. The second-order valence-electron chi connectivity index (χ2n) is 7.98. The van der Waals surface area contributed by atoms with Crippen molar-refractivity contribution in [3.8, 4) is 0 Å². The molecule has 1 heterocycles. The molecular weight excluding hydrogens is 400 g/mol. The number of aromatic nitrogens is 1. The molecule has 4 N–H and O–H groups in total. The highest BCUT2D eigenvalue weighted by atomic mass is 16.2. The van der Waals surface area contributed by atoms with Crippen LogP contribution < -0.4 is 16.0 Å². The maximum atomic E-state index is 12.9. The summed E-state index contributed by atoms with van der Waals surface area (Å²) in [6, 6.07) is 22.9. The fraction of sp³-hybridized carbons (Fsp3) is 0.154. The van der Waals surface area contributed by atoms with E-state index in [1.165, 1.54) is 6.07 Å². The number of carbonyl (C=O) groups excluding carboxylic acids is 2. The molecule has 0 saturated carbocycles. The van der Waals surface area contributed by atoms with Crippen molar-refractivity contribution < 1.29 is 9.59 Å². The van der Waals surface area contributed by atoms with Crippen molar-refractivity contribution in [2.45, 2.75) is 5.92 Å². The lowest BCUT2D eigenvalue weighted by molar-refractivity contribution is 0.0952. The van der Waals surface area contributed by atoms with Crippen LogP contribution in [0.2, 0.25) is 0 Å². The minimum atomic E-state index is -0.558. The van der Waals surface area contributed by atoms with Gasteiger partial charge in [0.25, 0.3) is 5.91 Å². The average Bonchev–Trinajstić information content (AvgIpc) is 3.23. The second-order valence-corrected chi connectivity index (χ2v) is 7.98. The summed E-state index contributed by atoms with van der Waals surface area (Å²) in [6.07, 6.45) is 2.01. The maximum absolute atomic E-state index is 12.9. The third-order valence-electron chi connectivity index (χ3n) is 5.68. The van der Waals surface area contributed by atoms with Gasteiger partial charge in [0.1, 0.15) is 0 Å². The molecule has 0 aliphatic heterocycles. The van der Waals surface area contributed by atoms with Crippen LogP contribution in [0, 0.1) is 0 Å². The lowest BCUT2D eigenvalue weighted by Crippen LogP contribution is -2.29. The van der Waals surface area contributed by atoms with Gasteiger partial charge in [-0.2, -0.15) is 0 Å². The number of rotatable bonds is 7. The van der Waals surface area contributed by atoms with E-state index in [4.69, 9.17) is 5.73 Å². The number of amides is 2. The van der Waals surface area contributed by atoms with E-state index in [9.17, 15) is 9.59 Å². The van der Waals surface area contributed by atoms with E-state index >= 15 is 0 Å². The van der Waals surface area contributed by atoms with Crippen LogP contribution in [0.15, 0.2) is 79.0 Å². The van der Waals surface area contributed by atoms with Crippen LogP contribution in [-0.2, 0) is 0 Å². The number of H-pyrrole nitrogens is 1. The summed E-state index contributed by atoms with van der Waals surface area (Å²) in [5.74, 6) is -0.856. The highest BCUT2D eigenvalue weighted by molar-refractivity contribution is 5.99. The number of benzene rings is 3. The van der Waals surface area contributed by atoms with E-state index in [2.05, 4.69) is 45.5 Å². The molecule has 6 heteroatoms. The summed E-state index contributed by atoms with van der Waals surface area (Å²) >= 11 is 0. The topological polar surface area (TPSA) is 91.2 Å². The van der Waals surface area contributed by atoms with Crippen LogP contribution in [0.4, 0.5) is 5.69 Å². The predicted octanol–water partition coefficient (Wildman–Crippen LogP) is 3.89. The molecule has 6 nitrogen and oxygen atoms in total. The molecule has 32 heavy (non-hydrogen) atoms. The number of fused-ring (bicyclic) bond motifs is 1. The van der Waals surface area contributed by atoms with Crippen molar-refractivity contribution in [2.75, 3.05) is 25.5 Å². The largest absolute Gasteiger partial charge is 0.378 e. The second kappa shape index (κ2) is 8.98. The molecule has 4 aromatic rings. The highest BCUT2D eigenvalue weighted by Gasteiger charge is 2.20. The standard InChI is InChI=1S/C26H26N4O2/c1-30(2)20-12-10-17(11-13-20)22(23-16-28-24-9-4-3-8-21(23)24)15-29-26(32)19-7-5-6-18(14-19)25(27)31/h3-14,16,22,28H,15H2,1-2H3,(H2,27,31)(H,29,32). The predicted molar refractivity (Wildman–Crippen MR) is 128 cm³/mol. The minimum absolute atomic E-state index is 0.0503. The van der Waals surface area contributed by atoms with Gasteiger partial charge in [0.15, 0.2) is 0 Å². The van der Waals surface area contributed by atoms with E-state index in [0.29, 0.717) is 17.7 Å². The zero-order chi connectivity index (χ0) is 22.7. The zero-order valence-electron chi connectivity index (χ0n) is 18.1. The average molecular weight is 427 g/mol. The Hall–Kier alpha value is -4.06. The Morgan fingerprint density at radius 1 is 0.969 bits per heavy atom. The van der Waals surface area contributed by atoms with E-state index in [1.807, 2.05) is 38.5 Å². The number of nitrogens with one attached hydrogen (secondary N) is 2. The van der Waals surface area contributed by atoms with Crippen LogP contribution in [0.1, 0.15) is 37.8 Å². The number of carbonyl (C=O) groups is 2. The summed E-state index contributed by atoms with van der Waals surface area (Å²) in [5.41, 5.74) is 10.5. The first-order chi connectivity index (χ1) is 15.4. The number of nitrogens with two attached hydrogens (primary N) is 1. The number of hydrogen-bond donors (Lipinski definition) is 3. The Kier molecular flexibility index (Phi) is 5.94. The molecule has 0 aliphatic rings. The van der Waals surface area contributed by atoms with Gasteiger partial charge < -0.3 is 20.9 Å². The third kappa shape index (κ3) is 4.34. The molecule has 1 unspecified atom stereocenters. The van der Waals surface area contributed by atoms with Crippen LogP contribution in [0.3, 0.4) is 0 Å². The smallest absolute Gasteiger partial charge is 0.251 e. The van der Waals surface area contributed by atoms with E-state index in [0.717, 1.165) is 27.7 Å². The molecule has 0 spiro atoms. The molecule has 162 valence electrons. The van der Waals surface area contributed by atoms with Gasteiger partial charge in [0.2, 0.25) is 5.91 Å². The van der Waals surface area contributed by atoms with E-state index < -0.39 is 5.91 Å². The van der Waals surface area contributed by atoms with Gasteiger partial charge in [-0.15, -0.1) is 0 Å². The fourth-order valence-electron chi connectivity index (χ4n) is 3.90. The van der Waals surface area contributed by atoms with Crippen LogP contribution in [-0.4, -0.2) is 37.4 Å². The molecule has 1 aromatic heterocycles. The van der Waals surface area contributed by atoms with E-state index in [1.54, 1.807) is 18.2 Å². The number of aromatic amines is 1. The molecular formula is C26H26N4O2. The Morgan fingerprint density at radius 3 is 2.41 bits per heavy atom. The molecule has 3 aromatic carbocycles. The number of para-hydroxylation sites is 1. The minimum Gasteiger partial charge on any atom is -0.378 e. The Balaban J connectivity index is 1.64. The molecule has 0 radical (unpaired) electrons. The summed E-state index contributed by atoms with van der Waals surface area (Å²) in [6.45, 7) is 0.406. The molecule has 0 bridgehead atoms. The monoisotopic (exact) mass is 426 g/mol. The maximum Gasteiger partial charge on any atom is 0.251 e. The number of nitrogens with zero attached hydrogens (tertiary/aromatic N) is 1. The summed E-state index contributed by atoms with van der Waals surface area (Å²) < 4.78 is 0. The molecule has 0 fully saturated rings. The summed E-state index contributed by atoms with van der Waals surface area (Å²) in [7, 11) is 4.01. The van der Waals surface area contributed by atoms with Crippen molar-refractivity contribution in [3.05, 3.63) is 101 Å². The molecule has 0 aliphatic carbocycles. The molecule has 1 atom stereocenters. The Bertz CT molecular complexity index is 1260. The van der Waals surface area contributed by atoms with Crippen molar-refractivity contribution >= 4 is 28.4 Å². The summed E-state index contributed by atoms with van der Waals surface area (Å²) in [4.78, 5) is 29.7. The summed E-state index contributed by atoms with van der Waals surface area (Å²) in [5, 5.41) is 4.16. The first-order valence-corrected chi connectivity index (χ1v) is 10.5. The lowest BCUT2D eigenvalue weighted by atomic mass is 9.90. The SMILES string of the molecule is CN(C)c1ccc(C(CNC(=O)c2cccc(C(N)=O)c2)c2c[nH]c3ccccc23)cc1. The first-order valence-electron chi connectivity index (χ1n) is 10.5. The van der Waals surface area contributed by atoms with Gasteiger partial charge in [-0.05, 0) is 47.5 Å². The number of anilines is 1. The normalized spacial score (nSPS) is 11.8. The van der Waals surface area contributed by atoms with Crippen LogP contribution in [0.5, 0.6) is 0 Å². The van der Waals surface area contributed by atoms with Crippen LogP contribution >= 0.6 is 0 Å². The van der Waals surface area contributed by atoms with Gasteiger partial charge >= 0.3 is 0 Å².